The van der Waals surface area contributed by atoms with Crippen LogP contribution in [0.3, 0.4) is 0 Å². The molecule has 0 aliphatic carbocycles. The van der Waals surface area contributed by atoms with Gasteiger partial charge in [0.25, 0.3) is 0 Å². The van der Waals surface area contributed by atoms with Gasteiger partial charge in [0.1, 0.15) is 0 Å². The summed E-state index contributed by atoms with van der Waals surface area (Å²) in [5.41, 5.74) is 5.58. The Bertz CT molecular complexity index is 311. The number of hydrogen-bond acceptors (Lipinski definition) is 3. The van der Waals surface area contributed by atoms with Crippen LogP contribution >= 0.6 is 0 Å². The van der Waals surface area contributed by atoms with Gasteiger partial charge in [-0.3, -0.25) is 4.79 Å². The van der Waals surface area contributed by atoms with Gasteiger partial charge in [-0.25, -0.2) is 4.79 Å². The Morgan fingerprint density at radius 3 is 2.53 bits per heavy atom. The molecular formula is C11H20N4O2. The maximum absolute atomic E-state index is 11.7. The van der Waals surface area contributed by atoms with Crippen LogP contribution < -0.4 is 11.1 Å². The van der Waals surface area contributed by atoms with Gasteiger partial charge in [-0.2, -0.15) is 0 Å². The number of piperidine rings is 1. The molecule has 1 atom stereocenters. The first kappa shape index (κ1) is 12.2. The van der Waals surface area contributed by atoms with Gasteiger partial charge in [0.15, 0.2) is 0 Å². The molecule has 2 fully saturated rings. The minimum atomic E-state index is -0.429. The summed E-state index contributed by atoms with van der Waals surface area (Å²) in [6, 6.07) is -0.127. The zero-order valence-corrected chi connectivity index (χ0v) is 10.2. The Balaban J connectivity index is 1.85. The third-order valence-corrected chi connectivity index (χ3v) is 3.50. The fourth-order valence-electron chi connectivity index (χ4n) is 2.52. The van der Waals surface area contributed by atoms with Gasteiger partial charge < -0.3 is 20.9 Å². The fourth-order valence-corrected chi connectivity index (χ4v) is 2.52. The predicted molar refractivity (Wildman–Crippen MR) is 63.4 cm³/mol. The quantitative estimate of drug-likeness (QED) is 0.673. The first-order chi connectivity index (χ1) is 8.09. The van der Waals surface area contributed by atoms with Gasteiger partial charge in [-0.15, -0.1) is 0 Å². The van der Waals surface area contributed by atoms with E-state index >= 15 is 0 Å². The van der Waals surface area contributed by atoms with E-state index in [1.807, 2.05) is 4.90 Å². The van der Waals surface area contributed by atoms with Gasteiger partial charge in [0.2, 0.25) is 5.91 Å². The lowest BCUT2D eigenvalue weighted by atomic mass is 10.0. The van der Waals surface area contributed by atoms with Crippen molar-refractivity contribution in [3.63, 3.8) is 0 Å². The predicted octanol–water partition coefficient (Wildman–Crippen LogP) is -0.650. The number of carbonyl (C=O) groups is 2. The van der Waals surface area contributed by atoms with Crippen molar-refractivity contribution in [3.8, 4) is 0 Å². The van der Waals surface area contributed by atoms with Gasteiger partial charge in [0, 0.05) is 32.2 Å². The van der Waals surface area contributed by atoms with Crippen molar-refractivity contribution in [1.29, 1.82) is 0 Å². The third kappa shape index (κ3) is 2.52. The van der Waals surface area contributed by atoms with Crippen LogP contribution in [-0.4, -0.2) is 60.0 Å². The molecule has 2 saturated heterocycles. The maximum Gasteiger partial charge on any atom is 0.317 e. The Morgan fingerprint density at radius 2 is 2.06 bits per heavy atom. The normalized spacial score (nSPS) is 23.8. The molecule has 6 heteroatoms. The van der Waals surface area contributed by atoms with Crippen LogP contribution in [0, 0.1) is 0 Å². The Labute approximate surface area is 101 Å². The number of urea groups is 1. The second-order valence-electron chi connectivity index (χ2n) is 4.77. The molecule has 3 N–H and O–H groups in total. The number of nitrogens with one attached hydrogen (secondary N) is 1. The number of hydrogen-bond donors (Lipinski definition) is 2. The molecule has 96 valence electrons. The molecule has 0 radical (unpaired) electrons. The standard InChI is InChI=1S/C11H20N4O2/c1-8(12)10(16)14-5-2-9(3-6-14)15-7-4-13-11(15)17/h8-9H,2-7,12H2,1H3,(H,13,17)/t8-/m0/s1. The summed E-state index contributed by atoms with van der Waals surface area (Å²) in [6.45, 7) is 4.63. The topological polar surface area (TPSA) is 78.7 Å². The fraction of sp³-hybridized carbons (Fsp3) is 0.818. The zero-order chi connectivity index (χ0) is 12.4. The number of likely N-dealkylation sites (tertiary alicyclic amines) is 1. The monoisotopic (exact) mass is 240 g/mol. The lowest BCUT2D eigenvalue weighted by Crippen LogP contribution is -2.50. The van der Waals surface area contributed by atoms with Crippen molar-refractivity contribution in [3.05, 3.63) is 0 Å². The second kappa shape index (κ2) is 4.91. The summed E-state index contributed by atoms with van der Waals surface area (Å²) >= 11 is 0. The molecule has 0 unspecified atom stereocenters. The van der Waals surface area contributed by atoms with E-state index < -0.39 is 6.04 Å². The van der Waals surface area contributed by atoms with Crippen molar-refractivity contribution >= 4 is 11.9 Å². The molecular weight excluding hydrogens is 220 g/mol. The number of carbonyl (C=O) groups excluding carboxylic acids is 2. The van der Waals surface area contributed by atoms with Crippen LogP contribution in [0.15, 0.2) is 0 Å². The molecule has 17 heavy (non-hydrogen) atoms. The van der Waals surface area contributed by atoms with Crippen molar-refractivity contribution in [1.82, 2.24) is 15.1 Å². The SMILES string of the molecule is C[C@H](N)C(=O)N1CCC(N2CCNC2=O)CC1. The van der Waals surface area contributed by atoms with E-state index in [0.717, 1.165) is 25.9 Å². The maximum atomic E-state index is 11.7. The number of nitrogens with two attached hydrogens (primary N) is 1. The molecule has 6 nitrogen and oxygen atoms in total. The lowest BCUT2D eigenvalue weighted by Gasteiger charge is -2.36. The largest absolute Gasteiger partial charge is 0.341 e. The molecule has 2 aliphatic rings. The van der Waals surface area contributed by atoms with E-state index in [2.05, 4.69) is 5.32 Å². The summed E-state index contributed by atoms with van der Waals surface area (Å²) in [7, 11) is 0. The van der Waals surface area contributed by atoms with Crippen LogP contribution in [-0.2, 0) is 4.79 Å². The van der Waals surface area contributed by atoms with Gasteiger partial charge in [-0.05, 0) is 19.8 Å². The van der Waals surface area contributed by atoms with Gasteiger partial charge >= 0.3 is 6.03 Å². The first-order valence-corrected chi connectivity index (χ1v) is 6.18. The molecule has 0 aromatic rings. The van der Waals surface area contributed by atoms with Crippen molar-refractivity contribution in [2.75, 3.05) is 26.2 Å². The summed E-state index contributed by atoms with van der Waals surface area (Å²) in [5.74, 6) is 0.00863. The highest BCUT2D eigenvalue weighted by molar-refractivity contribution is 5.81. The van der Waals surface area contributed by atoms with Crippen LogP contribution in [0.4, 0.5) is 4.79 Å². The minimum Gasteiger partial charge on any atom is -0.341 e. The van der Waals surface area contributed by atoms with Gasteiger partial charge in [-0.1, -0.05) is 0 Å². The van der Waals surface area contributed by atoms with Gasteiger partial charge in [0.05, 0.1) is 6.04 Å². The smallest absolute Gasteiger partial charge is 0.317 e. The van der Waals surface area contributed by atoms with E-state index in [1.54, 1.807) is 11.8 Å². The Hall–Kier alpha value is -1.30. The van der Waals surface area contributed by atoms with E-state index in [-0.39, 0.29) is 18.0 Å². The minimum absolute atomic E-state index is 0.00863. The average Bonchev–Trinajstić information content (AvgIpc) is 2.74. The molecule has 0 spiro atoms. The summed E-state index contributed by atoms with van der Waals surface area (Å²) < 4.78 is 0. The van der Waals surface area contributed by atoms with Crippen LogP contribution in [0.2, 0.25) is 0 Å². The molecule has 3 amide bonds. The van der Waals surface area contributed by atoms with Crippen molar-refractivity contribution in [2.45, 2.75) is 31.8 Å². The highest BCUT2D eigenvalue weighted by atomic mass is 16.2. The molecule has 0 aromatic heterocycles. The first-order valence-electron chi connectivity index (χ1n) is 6.18. The van der Waals surface area contributed by atoms with Crippen LogP contribution in [0.25, 0.3) is 0 Å². The second-order valence-corrected chi connectivity index (χ2v) is 4.77. The third-order valence-electron chi connectivity index (χ3n) is 3.50. The highest BCUT2D eigenvalue weighted by Gasteiger charge is 2.32. The number of rotatable bonds is 2. The Morgan fingerprint density at radius 1 is 1.41 bits per heavy atom. The van der Waals surface area contributed by atoms with Crippen LogP contribution in [0.1, 0.15) is 19.8 Å². The number of amides is 3. The molecule has 2 heterocycles. The molecule has 2 aliphatic heterocycles. The summed E-state index contributed by atoms with van der Waals surface area (Å²) in [5, 5.41) is 2.81. The lowest BCUT2D eigenvalue weighted by molar-refractivity contribution is -0.133. The van der Waals surface area contributed by atoms with E-state index in [4.69, 9.17) is 5.73 Å². The van der Waals surface area contributed by atoms with Crippen molar-refractivity contribution in [2.24, 2.45) is 5.73 Å². The van der Waals surface area contributed by atoms with E-state index in [9.17, 15) is 9.59 Å². The van der Waals surface area contributed by atoms with E-state index in [1.165, 1.54) is 0 Å². The number of nitrogens with zero attached hydrogens (tertiary/aromatic N) is 2. The van der Waals surface area contributed by atoms with Crippen molar-refractivity contribution < 1.29 is 9.59 Å². The molecule has 0 aromatic carbocycles. The average molecular weight is 240 g/mol. The van der Waals surface area contributed by atoms with Crippen LogP contribution in [0.5, 0.6) is 0 Å². The Kier molecular flexibility index (Phi) is 3.51. The molecule has 0 saturated carbocycles. The summed E-state index contributed by atoms with van der Waals surface area (Å²) in [6.07, 6.45) is 1.71. The summed E-state index contributed by atoms with van der Waals surface area (Å²) in [4.78, 5) is 26.9. The highest BCUT2D eigenvalue weighted by Crippen LogP contribution is 2.18. The van der Waals surface area contributed by atoms with E-state index in [0.29, 0.717) is 13.1 Å². The molecule has 2 rings (SSSR count). The molecule has 0 bridgehead atoms. The zero-order valence-electron chi connectivity index (χ0n) is 10.2.